The predicted octanol–water partition coefficient (Wildman–Crippen LogP) is 12.6. The highest BCUT2D eigenvalue weighted by Crippen LogP contribution is 2.14. The molecule has 1 amide bonds. The summed E-state index contributed by atoms with van der Waals surface area (Å²) in [7, 11) is 0. The Morgan fingerprint density at radius 3 is 1.23 bits per heavy atom. The van der Waals surface area contributed by atoms with Crippen molar-refractivity contribution < 1.29 is 15.0 Å². The third-order valence-corrected chi connectivity index (χ3v) is 9.35. The number of allylic oxidation sites excluding steroid dienone is 5. The number of aliphatic hydroxyl groups excluding tert-OH is 2. The van der Waals surface area contributed by atoms with E-state index in [0.717, 1.165) is 32.1 Å². The molecule has 276 valence electrons. The Labute approximate surface area is 293 Å². The van der Waals surface area contributed by atoms with Gasteiger partial charge in [0.2, 0.25) is 5.91 Å². The quantitative estimate of drug-likeness (QED) is 0.0459. The van der Waals surface area contributed by atoms with E-state index in [1.807, 2.05) is 6.08 Å². The lowest BCUT2D eigenvalue weighted by Crippen LogP contribution is -2.45. The molecule has 0 saturated carbocycles. The lowest BCUT2D eigenvalue weighted by Gasteiger charge is -2.19. The maximum absolute atomic E-state index is 12.3. The van der Waals surface area contributed by atoms with Crippen LogP contribution in [-0.4, -0.2) is 34.9 Å². The summed E-state index contributed by atoms with van der Waals surface area (Å²) in [6, 6.07) is -0.636. The van der Waals surface area contributed by atoms with Crippen LogP contribution in [0.1, 0.15) is 213 Å². The zero-order chi connectivity index (χ0) is 34.3. The second kappa shape index (κ2) is 39.1. The van der Waals surface area contributed by atoms with E-state index in [4.69, 9.17) is 0 Å². The first-order valence-corrected chi connectivity index (χ1v) is 20.7. The molecule has 4 nitrogen and oxygen atoms in total. The lowest BCUT2D eigenvalue weighted by molar-refractivity contribution is -0.123. The standard InChI is InChI=1S/C43H81NO3/c1-3-5-7-9-11-13-15-17-19-20-21-22-23-24-25-27-29-31-33-35-37-39-43(47)44-41(40-45)42(46)38-36-34-32-30-28-26-18-16-14-12-10-8-6-4-2/h17,19,28,30,36,38,41-42,45-46H,3-16,18,20-27,29,31-35,37,39-40H2,1-2H3,(H,44,47)/b19-17+,30-28+,38-36+/t41-,42+/m0/s1. The lowest BCUT2D eigenvalue weighted by atomic mass is 10.0. The minimum atomic E-state index is -0.859. The van der Waals surface area contributed by atoms with Crippen molar-refractivity contribution in [2.45, 2.75) is 225 Å². The number of unbranched alkanes of at least 4 members (excludes halogenated alkanes) is 26. The normalized spacial score (nSPS) is 13.4. The van der Waals surface area contributed by atoms with Crippen LogP contribution in [0.2, 0.25) is 0 Å². The predicted molar refractivity (Wildman–Crippen MR) is 207 cm³/mol. The summed E-state index contributed by atoms with van der Waals surface area (Å²) < 4.78 is 0. The van der Waals surface area contributed by atoms with Crippen LogP contribution in [0, 0.1) is 0 Å². The minimum absolute atomic E-state index is 0.0753. The van der Waals surface area contributed by atoms with Gasteiger partial charge in [-0.2, -0.15) is 0 Å². The molecule has 2 atom stereocenters. The van der Waals surface area contributed by atoms with Crippen LogP contribution in [0.25, 0.3) is 0 Å². The van der Waals surface area contributed by atoms with Gasteiger partial charge in [-0.15, -0.1) is 0 Å². The van der Waals surface area contributed by atoms with Gasteiger partial charge in [-0.1, -0.05) is 185 Å². The van der Waals surface area contributed by atoms with Crippen molar-refractivity contribution in [1.29, 1.82) is 0 Å². The van der Waals surface area contributed by atoms with Crippen molar-refractivity contribution in [3.63, 3.8) is 0 Å². The molecule has 0 aliphatic rings. The van der Waals surface area contributed by atoms with E-state index in [0.29, 0.717) is 6.42 Å². The van der Waals surface area contributed by atoms with Gasteiger partial charge in [0.25, 0.3) is 0 Å². The Hall–Kier alpha value is -1.39. The summed E-state index contributed by atoms with van der Waals surface area (Å²) in [5, 5.41) is 22.9. The number of aliphatic hydroxyl groups is 2. The zero-order valence-corrected chi connectivity index (χ0v) is 31.5. The van der Waals surface area contributed by atoms with Crippen LogP contribution in [-0.2, 0) is 4.79 Å². The molecular formula is C43H81NO3. The van der Waals surface area contributed by atoms with Crippen LogP contribution >= 0.6 is 0 Å². The molecule has 0 saturated heterocycles. The van der Waals surface area contributed by atoms with Crippen molar-refractivity contribution in [2.24, 2.45) is 0 Å². The van der Waals surface area contributed by atoms with Gasteiger partial charge in [0.05, 0.1) is 18.8 Å². The summed E-state index contributed by atoms with van der Waals surface area (Å²) in [5.41, 5.74) is 0. The number of rotatable bonds is 37. The van der Waals surface area contributed by atoms with Gasteiger partial charge < -0.3 is 15.5 Å². The van der Waals surface area contributed by atoms with Gasteiger partial charge in [-0.3, -0.25) is 4.79 Å². The number of hydrogen-bond acceptors (Lipinski definition) is 3. The molecule has 0 radical (unpaired) electrons. The van der Waals surface area contributed by atoms with Crippen LogP contribution in [0.5, 0.6) is 0 Å². The molecular weight excluding hydrogens is 578 g/mol. The molecule has 0 rings (SSSR count). The second-order valence-corrected chi connectivity index (χ2v) is 14.0. The minimum Gasteiger partial charge on any atom is -0.394 e. The zero-order valence-electron chi connectivity index (χ0n) is 31.5. The van der Waals surface area contributed by atoms with Crippen LogP contribution in [0.4, 0.5) is 0 Å². The van der Waals surface area contributed by atoms with Gasteiger partial charge in [0.1, 0.15) is 0 Å². The summed E-state index contributed by atoms with van der Waals surface area (Å²) >= 11 is 0. The van der Waals surface area contributed by atoms with E-state index in [1.54, 1.807) is 6.08 Å². The van der Waals surface area contributed by atoms with Crippen molar-refractivity contribution in [3.8, 4) is 0 Å². The average molecular weight is 660 g/mol. The summed E-state index contributed by atoms with van der Waals surface area (Å²) in [6.07, 6.45) is 51.0. The number of nitrogens with one attached hydrogen (secondary N) is 1. The molecule has 47 heavy (non-hydrogen) atoms. The number of carbonyl (C=O) groups excluding carboxylic acids is 1. The fraction of sp³-hybridized carbons (Fsp3) is 0.837. The third-order valence-electron chi connectivity index (χ3n) is 9.35. The fourth-order valence-electron chi connectivity index (χ4n) is 6.13. The van der Waals surface area contributed by atoms with Gasteiger partial charge in [0, 0.05) is 6.42 Å². The molecule has 0 aromatic heterocycles. The van der Waals surface area contributed by atoms with E-state index in [1.165, 1.54) is 161 Å². The Kier molecular flexibility index (Phi) is 37.9. The third kappa shape index (κ3) is 35.7. The van der Waals surface area contributed by atoms with Gasteiger partial charge in [-0.05, 0) is 57.8 Å². The van der Waals surface area contributed by atoms with Gasteiger partial charge in [-0.25, -0.2) is 0 Å². The second-order valence-electron chi connectivity index (χ2n) is 14.0. The molecule has 0 heterocycles. The first-order valence-electron chi connectivity index (χ1n) is 20.7. The monoisotopic (exact) mass is 660 g/mol. The summed E-state index contributed by atoms with van der Waals surface area (Å²) in [6.45, 7) is 4.28. The van der Waals surface area contributed by atoms with E-state index in [-0.39, 0.29) is 12.5 Å². The highest BCUT2D eigenvalue weighted by atomic mass is 16.3. The topological polar surface area (TPSA) is 69.6 Å². The smallest absolute Gasteiger partial charge is 0.220 e. The average Bonchev–Trinajstić information content (AvgIpc) is 3.07. The molecule has 0 bridgehead atoms. The molecule has 3 N–H and O–H groups in total. The number of amides is 1. The Balaban J connectivity index is 3.59. The van der Waals surface area contributed by atoms with E-state index in [9.17, 15) is 15.0 Å². The molecule has 0 aromatic rings. The first-order chi connectivity index (χ1) is 23.2. The van der Waals surface area contributed by atoms with Crippen LogP contribution < -0.4 is 5.32 Å². The molecule has 0 aliphatic heterocycles. The van der Waals surface area contributed by atoms with Crippen molar-refractivity contribution in [2.75, 3.05) is 6.61 Å². The number of hydrogen-bond donors (Lipinski definition) is 3. The largest absolute Gasteiger partial charge is 0.394 e. The Morgan fingerprint density at radius 2 is 0.830 bits per heavy atom. The number of carbonyl (C=O) groups is 1. The maximum atomic E-state index is 12.3. The first kappa shape index (κ1) is 45.6. The van der Waals surface area contributed by atoms with E-state index in [2.05, 4.69) is 43.5 Å². The van der Waals surface area contributed by atoms with Crippen LogP contribution in [0.15, 0.2) is 36.5 Å². The van der Waals surface area contributed by atoms with Crippen LogP contribution in [0.3, 0.4) is 0 Å². The fourth-order valence-corrected chi connectivity index (χ4v) is 6.13. The summed E-state index contributed by atoms with van der Waals surface area (Å²) in [5.74, 6) is -0.0753. The van der Waals surface area contributed by atoms with Crippen molar-refractivity contribution >= 4 is 5.91 Å². The maximum Gasteiger partial charge on any atom is 0.220 e. The Morgan fingerprint density at radius 1 is 0.489 bits per heavy atom. The summed E-state index contributed by atoms with van der Waals surface area (Å²) in [4.78, 5) is 12.3. The molecule has 0 fully saturated rings. The van der Waals surface area contributed by atoms with E-state index < -0.39 is 12.1 Å². The van der Waals surface area contributed by atoms with Gasteiger partial charge in [0.15, 0.2) is 0 Å². The van der Waals surface area contributed by atoms with Crippen molar-refractivity contribution in [1.82, 2.24) is 5.32 Å². The molecule has 0 aliphatic carbocycles. The molecule has 0 unspecified atom stereocenters. The Bertz CT molecular complexity index is 716. The molecule has 0 aromatic carbocycles. The van der Waals surface area contributed by atoms with Gasteiger partial charge >= 0.3 is 0 Å². The van der Waals surface area contributed by atoms with E-state index >= 15 is 0 Å². The highest BCUT2D eigenvalue weighted by molar-refractivity contribution is 5.76. The van der Waals surface area contributed by atoms with Crippen molar-refractivity contribution in [3.05, 3.63) is 36.5 Å². The highest BCUT2D eigenvalue weighted by Gasteiger charge is 2.17. The SMILES string of the molecule is CCCCCCCC/C=C/CCCCCCCCCCCCCC(=O)N[C@@H](CO)[C@H](O)/C=C/CC/C=C/CCCCCCCCCC. The molecule has 4 heteroatoms. The molecule has 0 spiro atoms.